The van der Waals surface area contributed by atoms with E-state index in [1.807, 2.05) is 13.8 Å². The average Bonchev–Trinajstić information content (AvgIpc) is 2.45. The Morgan fingerprint density at radius 1 is 1.33 bits per heavy atom. The highest BCUT2D eigenvalue weighted by Crippen LogP contribution is 2.26. The fourth-order valence-corrected chi connectivity index (χ4v) is 3.40. The highest BCUT2D eigenvalue weighted by molar-refractivity contribution is 8.00. The van der Waals surface area contributed by atoms with Crippen LogP contribution in [0.1, 0.15) is 41.0 Å². The molecule has 0 atom stereocenters. The quantitative estimate of drug-likeness (QED) is 0.849. The van der Waals surface area contributed by atoms with Crippen LogP contribution in [0.3, 0.4) is 0 Å². The number of nitrogens with zero attached hydrogens (tertiary/aromatic N) is 1. The van der Waals surface area contributed by atoms with Crippen molar-refractivity contribution in [3.05, 3.63) is 0 Å². The summed E-state index contributed by atoms with van der Waals surface area (Å²) in [5, 5.41) is 3.02. The first-order chi connectivity index (χ1) is 8.09. The van der Waals surface area contributed by atoms with Gasteiger partial charge in [0.25, 0.3) is 0 Å². The van der Waals surface area contributed by atoms with Crippen LogP contribution < -0.4 is 5.32 Å². The van der Waals surface area contributed by atoms with E-state index in [0.717, 1.165) is 6.42 Å². The lowest BCUT2D eigenvalue weighted by Crippen LogP contribution is -2.49. The van der Waals surface area contributed by atoms with Crippen molar-refractivity contribution in [2.75, 3.05) is 18.2 Å². The Morgan fingerprint density at radius 3 is 2.39 bits per heavy atom. The number of amides is 2. The van der Waals surface area contributed by atoms with Gasteiger partial charge in [-0.2, -0.15) is 0 Å². The molecule has 1 rings (SSSR count). The van der Waals surface area contributed by atoms with Gasteiger partial charge in [-0.15, -0.1) is 11.8 Å². The van der Waals surface area contributed by atoms with Crippen molar-refractivity contribution in [3.63, 3.8) is 0 Å². The molecule has 0 spiro atoms. The topological polar surface area (TPSA) is 49.4 Å². The van der Waals surface area contributed by atoms with Gasteiger partial charge in [-0.1, -0.05) is 20.8 Å². The number of rotatable bonds is 4. The Morgan fingerprint density at radius 2 is 1.94 bits per heavy atom. The van der Waals surface area contributed by atoms with Gasteiger partial charge >= 0.3 is 0 Å². The van der Waals surface area contributed by atoms with E-state index in [-0.39, 0.29) is 29.3 Å². The van der Waals surface area contributed by atoms with Gasteiger partial charge < -0.3 is 10.2 Å². The summed E-state index contributed by atoms with van der Waals surface area (Å²) in [5.74, 6) is 1.12. The van der Waals surface area contributed by atoms with Crippen molar-refractivity contribution in [3.8, 4) is 0 Å². The van der Waals surface area contributed by atoms with Crippen LogP contribution in [0.4, 0.5) is 0 Å². The number of hydrogen-bond donors (Lipinski definition) is 1. The summed E-state index contributed by atoms with van der Waals surface area (Å²) in [5.41, 5.74) is -0.0820. The van der Waals surface area contributed by atoms with Crippen LogP contribution >= 0.6 is 11.8 Å². The van der Waals surface area contributed by atoms with Crippen LogP contribution in [0.5, 0.6) is 0 Å². The molecule has 0 aliphatic carbocycles. The zero-order chi connectivity index (χ0) is 14.0. The van der Waals surface area contributed by atoms with Crippen molar-refractivity contribution < 1.29 is 9.59 Å². The standard InChI is InChI=1S/C13H24N2O2S/c1-12(2,3)8-13(4,5)14-10(16)6-15-9-18-7-11(15)17/h6-9H2,1-5H3,(H,14,16). The lowest BCUT2D eigenvalue weighted by Gasteiger charge is -2.33. The first kappa shape index (κ1) is 15.3. The fraction of sp³-hybridized carbons (Fsp3) is 0.846. The normalized spacial score (nSPS) is 17.2. The third kappa shape index (κ3) is 5.29. The molecule has 18 heavy (non-hydrogen) atoms. The highest BCUT2D eigenvalue weighted by Gasteiger charge is 2.29. The van der Waals surface area contributed by atoms with E-state index in [4.69, 9.17) is 0 Å². The Labute approximate surface area is 114 Å². The molecule has 1 aliphatic rings. The minimum absolute atomic E-state index is 0.0591. The van der Waals surface area contributed by atoms with E-state index in [0.29, 0.717) is 11.6 Å². The van der Waals surface area contributed by atoms with E-state index in [1.54, 1.807) is 16.7 Å². The molecule has 2 amide bonds. The molecule has 0 unspecified atom stereocenters. The molecule has 1 heterocycles. The molecule has 0 radical (unpaired) electrons. The summed E-state index contributed by atoms with van der Waals surface area (Å²) in [6.45, 7) is 10.7. The highest BCUT2D eigenvalue weighted by atomic mass is 32.2. The minimum Gasteiger partial charge on any atom is -0.350 e. The molecular weight excluding hydrogens is 248 g/mol. The van der Waals surface area contributed by atoms with Gasteiger partial charge in [-0.3, -0.25) is 9.59 Å². The van der Waals surface area contributed by atoms with Crippen LogP contribution in [0.15, 0.2) is 0 Å². The lowest BCUT2D eigenvalue weighted by molar-refractivity contribution is -0.133. The second-order valence-electron chi connectivity index (χ2n) is 6.74. The molecule has 4 nitrogen and oxygen atoms in total. The molecular formula is C13H24N2O2S. The van der Waals surface area contributed by atoms with E-state index < -0.39 is 0 Å². The third-order valence-electron chi connectivity index (χ3n) is 2.61. The fourth-order valence-electron chi connectivity index (χ4n) is 2.50. The maximum absolute atomic E-state index is 11.9. The monoisotopic (exact) mass is 272 g/mol. The predicted molar refractivity (Wildman–Crippen MR) is 75.3 cm³/mol. The Balaban J connectivity index is 2.46. The summed E-state index contributed by atoms with van der Waals surface area (Å²) in [6, 6.07) is 0. The summed E-state index contributed by atoms with van der Waals surface area (Å²) in [6.07, 6.45) is 0.897. The summed E-state index contributed by atoms with van der Waals surface area (Å²) >= 11 is 1.56. The number of thioether (sulfide) groups is 1. The van der Waals surface area contributed by atoms with Crippen molar-refractivity contribution in [1.82, 2.24) is 10.2 Å². The molecule has 5 heteroatoms. The van der Waals surface area contributed by atoms with E-state index in [9.17, 15) is 9.59 Å². The Kier molecular flexibility index (Phi) is 4.70. The van der Waals surface area contributed by atoms with Crippen LogP contribution in [0.2, 0.25) is 0 Å². The predicted octanol–water partition coefficient (Wildman–Crippen LogP) is 1.85. The second kappa shape index (κ2) is 5.51. The van der Waals surface area contributed by atoms with Gasteiger partial charge in [0, 0.05) is 5.54 Å². The van der Waals surface area contributed by atoms with Gasteiger partial charge in [0.05, 0.1) is 11.6 Å². The smallest absolute Gasteiger partial charge is 0.240 e. The van der Waals surface area contributed by atoms with Crippen molar-refractivity contribution in [1.29, 1.82) is 0 Å². The minimum atomic E-state index is -0.245. The summed E-state index contributed by atoms with van der Waals surface area (Å²) in [4.78, 5) is 25.0. The molecule has 0 aromatic heterocycles. The number of hydrogen-bond acceptors (Lipinski definition) is 3. The molecule has 1 saturated heterocycles. The van der Waals surface area contributed by atoms with Gasteiger partial charge in [0.2, 0.25) is 11.8 Å². The molecule has 0 aromatic rings. The SMILES string of the molecule is CC(C)(C)CC(C)(C)NC(=O)CN1CSCC1=O. The van der Waals surface area contributed by atoms with Crippen molar-refractivity contribution in [2.24, 2.45) is 5.41 Å². The number of carbonyl (C=O) groups excluding carboxylic acids is 2. The first-order valence-corrected chi connectivity index (χ1v) is 7.41. The first-order valence-electron chi connectivity index (χ1n) is 6.26. The van der Waals surface area contributed by atoms with Crippen LogP contribution in [0, 0.1) is 5.41 Å². The van der Waals surface area contributed by atoms with Crippen LogP contribution in [-0.4, -0.2) is 40.4 Å². The third-order valence-corrected chi connectivity index (χ3v) is 3.56. The van der Waals surface area contributed by atoms with E-state index in [2.05, 4.69) is 26.1 Å². The van der Waals surface area contributed by atoms with Crippen molar-refractivity contribution >= 4 is 23.6 Å². The molecule has 0 bridgehead atoms. The van der Waals surface area contributed by atoms with Crippen LogP contribution in [0.25, 0.3) is 0 Å². The summed E-state index contributed by atoms with van der Waals surface area (Å²) in [7, 11) is 0. The molecule has 0 aromatic carbocycles. The van der Waals surface area contributed by atoms with Gasteiger partial charge in [-0.05, 0) is 25.7 Å². The second-order valence-corrected chi connectivity index (χ2v) is 7.69. The van der Waals surface area contributed by atoms with Crippen molar-refractivity contribution in [2.45, 2.75) is 46.6 Å². The molecule has 1 N–H and O–H groups in total. The molecule has 0 saturated carbocycles. The van der Waals surface area contributed by atoms with Gasteiger partial charge in [-0.25, -0.2) is 0 Å². The molecule has 1 aliphatic heterocycles. The largest absolute Gasteiger partial charge is 0.350 e. The van der Waals surface area contributed by atoms with Gasteiger partial charge in [0.15, 0.2) is 0 Å². The lowest BCUT2D eigenvalue weighted by atomic mass is 9.82. The average molecular weight is 272 g/mol. The van der Waals surface area contributed by atoms with Crippen LogP contribution in [-0.2, 0) is 9.59 Å². The summed E-state index contributed by atoms with van der Waals surface area (Å²) < 4.78 is 0. The zero-order valence-electron chi connectivity index (χ0n) is 12.0. The van der Waals surface area contributed by atoms with E-state index >= 15 is 0 Å². The maximum Gasteiger partial charge on any atom is 0.240 e. The van der Waals surface area contributed by atoms with Gasteiger partial charge in [0.1, 0.15) is 6.54 Å². The number of carbonyl (C=O) groups is 2. The zero-order valence-corrected chi connectivity index (χ0v) is 12.8. The Bertz CT molecular complexity index is 334. The molecule has 1 fully saturated rings. The van der Waals surface area contributed by atoms with E-state index in [1.165, 1.54) is 0 Å². The maximum atomic E-state index is 11.9. The Hall–Kier alpha value is -0.710. The number of nitrogens with one attached hydrogen (secondary N) is 1. The molecule has 104 valence electrons.